The maximum atomic E-state index is 11.8. The molecule has 0 saturated heterocycles. The topological polar surface area (TPSA) is 74.6 Å². The van der Waals surface area contributed by atoms with Crippen LogP contribution in [0.4, 0.5) is 8.78 Å². The Labute approximate surface area is 54.1 Å². The molecule has 0 amide bonds. The van der Waals surface area contributed by atoms with Crippen LogP contribution in [0, 0.1) is 0 Å². The minimum atomic E-state index is -2.99. The molecule has 0 saturated carbocycles. The normalized spacial score (nSPS) is 15.8. The molecule has 0 aliphatic heterocycles. The van der Waals surface area contributed by atoms with Crippen LogP contribution in [0.5, 0.6) is 0 Å². The second kappa shape index (κ2) is 3.09. The van der Waals surface area contributed by atoms with Crippen molar-refractivity contribution in [3.8, 4) is 0 Å². The van der Waals surface area contributed by atoms with Crippen LogP contribution in [0.25, 0.3) is 0 Å². The van der Waals surface area contributed by atoms with E-state index in [1.165, 1.54) is 0 Å². The molecule has 0 aromatic rings. The van der Waals surface area contributed by atoms with Gasteiger partial charge in [-0.1, -0.05) is 0 Å². The van der Waals surface area contributed by atoms with Gasteiger partial charge in [0.05, 0.1) is 0 Å². The highest BCUT2D eigenvalue weighted by molar-refractivity contribution is 5.83. The van der Waals surface area contributed by atoms with E-state index in [0.717, 1.165) is 0 Å². The number of carbonyl (C=O) groups is 2. The second-order valence-corrected chi connectivity index (χ2v) is 1.48. The number of hydrogen-bond donors (Lipinski definition) is 2. The first-order valence-electron chi connectivity index (χ1n) is 2.20. The Morgan fingerprint density at radius 2 is 1.20 bits per heavy atom. The molecule has 2 atom stereocenters. The lowest BCUT2D eigenvalue weighted by atomic mass is 10.2. The van der Waals surface area contributed by atoms with E-state index >= 15 is 0 Å². The molecule has 0 aliphatic rings. The molecular weight excluding hydrogens is 150 g/mol. The molecule has 0 rings (SSSR count). The van der Waals surface area contributed by atoms with E-state index in [1.807, 2.05) is 0 Å². The number of rotatable bonds is 3. The monoisotopic (exact) mass is 154 g/mol. The van der Waals surface area contributed by atoms with Gasteiger partial charge in [-0.2, -0.15) is 0 Å². The first-order valence-corrected chi connectivity index (χ1v) is 2.20. The highest BCUT2D eigenvalue weighted by atomic mass is 19.2. The minimum Gasteiger partial charge on any atom is -0.479 e. The molecule has 58 valence electrons. The van der Waals surface area contributed by atoms with E-state index < -0.39 is 24.3 Å². The summed E-state index contributed by atoms with van der Waals surface area (Å²) in [6.07, 6.45) is -5.98. The molecule has 2 N–H and O–H groups in total. The van der Waals surface area contributed by atoms with Crippen LogP contribution >= 0.6 is 0 Å². The molecular formula is C4H4F2O4. The van der Waals surface area contributed by atoms with Gasteiger partial charge in [-0.05, 0) is 0 Å². The summed E-state index contributed by atoms with van der Waals surface area (Å²) >= 11 is 0. The lowest BCUT2D eigenvalue weighted by molar-refractivity contribution is -0.155. The van der Waals surface area contributed by atoms with Gasteiger partial charge in [0.15, 0.2) is 0 Å². The van der Waals surface area contributed by atoms with Crippen LogP contribution < -0.4 is 0 Å². The van der Waals surface area contributed by atoms with Gasteiger partial charge in [0.1, 0.15) is 0 Å². The zero-order valence-corrected chi connectivity index (χ0v) is 4.62. The van der Waals surface area contributed by atoms with Crippen molar-refractivity contribution in [1.29, 1.82) is 0 Å². The number of aliphatic carboxylic acids is 2. The van der Waals surface area contributed by atoms with Crippen molar-refractivity contribution in [1.82, 2.24) is 0 Å². The predicted octanol–water partition coefficient (Wildman–Crippen LogP) is -0.168. The van der Waals surface area contributed by atoms with Crippen LogP contribution in [-0.2, 0) is 9.59 Å². The largest absolute Gasteiger partial charge is 0.479 e. The molecule has 0 heterocycles. The van der Waals surface area contributed by atoms with Crippen LogP contribution in [0.1, 0.15) is 0 Å². The van der Waals surface area contributed by atoms with Crippen LogP contribution in [0.15, 0.2) is 0 Å². The Morgan fingerprint density at radius 1 is 1.00 bits per heavy atom. The standard InChI is InChI=1S/C4H4F2O4/c5-1(3(7)8)2(6)4(9)10/h1-2H,(H,7,8)(H,9,10)/t1-,2-/m1/s1. The summed E-state index contributed by atoms with van der Waals surface area (Å²) in [5.41, 5.74) is 0. The maximum absolute atomic E-state index is 11.8. The van der Waals surface area contributed by atoms with Crippen molar-refractivity contribution in [3.05, 3.63) is 0 Å². The molecule has 6 heteroatoms. The summed E-state index contributed by atoms with van der Waals surface area (Å²) in [5, 5.41) is 15.4. The molecule has 0 unspecified atom stereocenters. The number of hydrogen-bond acceptors (Lipinski definition) is 2. The van der Waals surface area contributed by atoms with Gasteiger partial charge in [-0.25, -0.2) is 18.4 Å². The lowest BCUT2D eigenvalue weighted by Gasteiger charge is -2.02. The summed E-state index contributed by atoms with van der Waals surface area (Å²) < 4.78 is 23.6. The van der Waals surface area contributed by atoms with Gasteiger partial charge in [-0.3, -0.25) is 0 Å². The van der Waals surface area contributed by atoms with Crippen LogP contribution in [0.2, 0.25) is 0 Å². The quantitative estimate of drug-likeness (QED) is 0.591. The first kappa shape index (κ1) is 8.80. The van der Waals surface area contributed by atoms with E-state index in [1.54, 1.807) is 0 Å². The first-order chi connectivity index (χ1) is 4.46. The molecule has 0 spiro atoms. The summed E-state index contributed by atoms with van der Waals surface area (Å²) in [6.45, 7) is 0. The molecule has 0 aliphatic carbocycles. The van der Waals surface area contributed by atoms with E-state index in [-0.39, 0.29) is 0 Å². The van der Waals surface area contributed by atoms with Gasteiger partial charge in [0.25, 0.3) is 0 Å². The molecule has 0 aromatic heterocycles. The Morgan fingerprint density at radius 3 is 1.30 bits per heavy atom. The Bertz CT molecular complexity index is 139. The van der Waals surface area contributed by atoms with E-state index in [9.17, 15) is 18.4 Å². The van der Waals surface area contributed by atoms with Gasteiger partial charge >= 0.3 is 11.9 Å². The summed E-state index contributed by atoms with van der Waals surface area (Å²) in [7, 11) is 0. The summed E-state index contributed by atoms with van der Waals surface area (Å²) in [4.78, 5) is 19.1. The number of carboxylic acids is 2. The highest BCUT2D eigenvalue weighted by Crippen LogP contribution is 2.03. The highest BCUT2D eigenvalue weighted by Gasteiger charge is 2.33. The Balaban J connectivity index is 4.07. The second-order valence-electron chi connectivity index (χ2n) is 1.48. The average Bonchev–Trinajstić information content (AvgIpc) is 1.84. The predicted molar refractivity (Wildman–Crippen MR) is 25.1 cm³/mol. The van der Waals surface area contributed by atoms with Crippen molar-refractivity contribution < 1.29 is 28.6 Å². The molecule has 0 aromatic carbocycles. The fourth-order valence-corrected chi connectivity index (χ4v) is 0.250. The summed E-state index contributed by atoms with van der Waals surface area (Å²) in [5.74, 6) is -4.23. The lowest BCUT2D eigenvalue weighted by Crippen LogP contribution is -2.32. The van der Waals surface area contributed by atoms with Crippen molar-refractivity contribution >= 4 is 11.9 Å². The fraction of sp³-hybridized carbons (Fsp3) is 0.500. The van der Waals surface area contributed by atoms with Gasteiger partial charge in [-0.15, -0.1) is 0 Å². The van der Waals surface area contributed by atoms with Gasteiger partial charge < -0.3 is 10.2 Å². The zero-order chi connectivity index (χ0) is 8.31. The SMILES string of the molecule is O=C(O)[C@H](F)[C@@H](F)C(=O)O. The van der Waals surface area contributed by atoms with Crippen LogP contribution in [-0.4, -0.2) is 34.5 Å². The average molecular weight is 154 g/mol. The molecule has 10 heavy (non-hydrogen) atoms. The maximum Gasteiger partial charge on any atom is 0.342 e. The molecule has 0 fully saturated rings. The minimum absolute atomic E-state index is 2.12. The van der Waals surface area contributed by atoms with Gasteiger partial charge in [0, 0.05) is 0 Å². The van der Waals surface area contributed by atoms with Crippen molar-refractivity contribution in [3.63, 3.8) is 0 Å². The Hall–Kier alpha value is -1.20. The summed E-state index contributed by atoms with van der Waals surface area (Å²) in [6, 6.07) is 0. The Kier molecular flexibility index (Phi) is 2.72. The van der Waals surface area contributed by atoms with Crippen LogP contribution in [0.3, 0.4) is 0 Å². The number of carboxylic acid groups (broad SMARTS) is 2. The third-order valence-electron chi connectivity index (χ3n) is 0.729. The number of halogens is 2. The van der Waals surface area contributed by atoms with E-state index in [2.05, 4.69) is 0 Å². The van der Waals surface area contributed by atoms with E-state index in [0.29, 0.717) is 0 Å². The third-order valence-corrected chi connectivity index (χ3v) is 0.729. The van der Waals surface area contributed by atoms with E-state index in [4.69, 9.17) is 10.2 Å². The smallest absolute Gasteiger partial charge is 0.342 e. The molecule has 4 nitrogen and oxygen atoms in total. The van der Waals surface area contributed by atoms with Crippen molar-refractivity contribution in [2.75, 3.05) is 0 Å². The van der Waals surface area contributed by atoms with Crippen molar-refractivity contribution in [2.24, 2.45) is 0 Å². The zero-order valence-electron chi connectivity index (χ0n) is 4.62. The number of alkyl halides is 2. The van der Waals surface area contributed by atoms with Gasteiger partial charge in [0.2, 0.25) is 12.3 Å². The van der Waals surface area contributed by atoms with Crippen molar-refractivity contribution in [2.45, 2.75) is 12.3 Å². The third kappa shape index (κ3) is 1.96. The molecule has 0 radical (unpaired) electrons. The fourth-order valence-electron chi connectivity index (χ4n) is 0.250. The molecule has 0 bridgehead atoms.